The molecule has 2 rings (SSSR count). The number of urea groups is 1. The Morgan fingerprint density at radius 1 is 1.45 bits per heavy atom. The van der Waals surface area contributed by atoms with E-state index >= 15 is 0 Å². The van der Waals surface area contributed by atoms with Crippen molar-refractivity contribution in [2.75, 3.05) is 11.9 Å². The Labute approximate surface area is 131 Å². The average Bonchev–Trinajstić information content (AvgIpc) is 2.70. The van der Waals surface area contributed by atoms with E-state index in [0.717, 1.165) is 11.0 Å². The highest BCUT2D eigenvalue weighted by Gasteiger charge is 2.40. The second-order valence-corrected chi connectivity index (χ2v) is 5.70. The standard InChI is InChI=1S/C14H15ClFN3O3/c1-7(2)12-13(21)19(14(22)18-12)6-11(20)17-10-4-3-8(15)5-9(10)16/h3-5,7,12H,6H2,1-2H3,(H,17,20)(H,18,22)/t12-/m0/s1. The highest BCUT2D eigenvalue weighted by molar-refractivity contribution is 6.30. The monoisotopic (exact) mass is 327 g/mol. The van der Waals surface area contributed by atoms with Crippen molar-refractivity contribution in [1.29, 1.82) is 0 Å². The van der Waals surface area contributed by atoms with Gasteiger partial charge in [0.05, 0.1) is 5.69 Å². The molecule has 6 nitrogen and oxygen atoms in total. The first-order valence-corrected chi connectivity index (χ1v) is 7.04. The molecular formula is C14H15ClFN3O3. The van der Waals surface area contributed by atoms with E-state index < -0.39 is 36.2 Å². The van der Waals surface area contributed by atoms with Crippen molar-refractivity contribution in [2.45, 2.75) is 19.9 Å². The highest BCUT2D eigenvalue weighted by Crippen LogP contribution is 2.19. The Morgan fingerprint density at radius 3 is 2.68 bits per heavy atom. The van der Waals surface area contributed by atoms with Gasteiger partial charge in [-0.25, -0.2) is 9.18 Å². The molecule has 1 saturated heterocycles. The van der Waals surface area contributed by atoms with E-state index in [-0.39, 0.29) is 16.6 Å². The Bertz CT molecular complexity index is 636. The van der Waals surface area contributed by atoms with Crippen LogP contribution in [0.4, 0.5) is 14.9 Å². The summed E-state index contributed by atoms with van der Waals surface area (Å²) in [6.07, 6.45) is 0. The molecule has 1 aliphatic heterocycles. The zero-order valence-electron chi connectivity index (χ0n) is 12.0. The van der Waals surface area contributed by atoms with Gasteiger partial charge in [-0.3, -0.25) is 14.5 Å². The van der Waals surface area contributed by atoms with E-state index in [2.05, 4.69) is 10.6 Å². The molecule has 22 heavy (non-hydrogen) atoms. The van der Waals surface area contributed by atoms with E-state index in [1.807, 2.05) is 0 Å². The van der Waals surface area contributed by atoms with Gasteiger partial charge < -0.3 is 10.6 Å². The van der Waals surface area contributed by atoms with Crippen LogP contribution in [-0.4, -0.2) is 35.3 Å². The summed E-state index contributed by atoms with van der Waals surface area (Å²) in [5.74, 6) is -1.92. The van der Waals surface area contributed by atoms with Crippen molar-refractivity contribution in [1.82, 2.24) is 10.2 Å². The molecule has 1 aromatic rings. The Morgan fingerprint density at radius 2 is 2.14 bits per heavy atom. The number of benzene rings is 1. The number of hydrogen-bond donors (Lipinski definition) is 2. The molecule has 0 aliphatic carbocycles. The van der Waals surface area contributed by atoms with Gasteiger partial charge in [-0.15, -0.1) is 0 Å². The maximum Gasteiger partial charge on any atom is 0.325 e. The molecule has 0 aromatic heterocycles. The van der Waals surface area contributed by atoms with Crippen molar-refractivity contribution in [3.8, 4) is 0 Å². The predicted octanol–water partition coefficient (Wildman–Crippen LogP) is 1.99. The third-order valence-electron chi connectivity index (χ3n) is 3.23. The van der Waals surface area contributed by atoms with Crippen LogP contribution in [-0.2, 0) is 9.59 Å². The maximum atomic E-state index is 13.6. The van der Waals surface area contributed by atoms with Gasteiger partial charge in [-0.05, 0) is 24.1 Å². The molecule has 8 heteroatoms. The minimum absolute atomic E-state index is 0.0677. The van der Waals surface area contributed by atoms with E-state index in [4.69, 9.17) is 11.6 Å². The van der Waals surface area contributed by atoms with Crippen molar-refractivity contribution in [3.63, 3.8) is 0 Å². The fourth-order valence-corrected chi connectivity index (χ4v) is 2.23. The Balaban J connectivity index is 2.03. The van der Waals surface area contributed by atoms with Crippen LogP contribution in [0.3, 0.4) is 0 Å². The van der Waals surface area contributed by atoms with Crippen molar-refractivity contribution >= 4 is 35.1 Å². The summed E-state index contributed by atoms with van der Waals surface area (Å²) in [5, 5.41) is 5.01. The van der Waals surface area contributed by atoms with Gasteiger partial charge in [0.1, 0.15) is 18.4 Å². The molecule has 0 radical (unpaired) electrons. The first-order valence-electron chi connectivity index (χ1n) is 6.66. The number of amides is 4. The Kier molecular flexibility index (Phi) is 4.65. The number of carbonyl (C=O) groups is 3. The first-order chi connectivity index (χ1) is 10.3. The maximum absolute atomic E-state index is 13.6. The van der Waals surface area contributed by atoms with Gasteiger partial charge in [-0.2, -0.15) is 0 Å². The number of halogens is 2. The predicted molar refractivity (Wildman–Crippen MR) is 78.9 cm³/mol. The third kappa shape index (κ3) is 3.36. The van der Waals surface area contributed by atoms with Crippen LogP contribution in [0, 0.1) is 11.7 Å². The van der Waals surface area contributed by atoms with Crippen LogP contribution >= 0.6 is 11.6 Å². The van der Waals surface area contributed by atoms with Crippen LogP contribution in [0.2, 0.25) is 5.02 Å². The van der Waals surface area contributed by atoms with Crippen molar-refractivity contribution in [3.05, 3.63) is 29.0 Å². The number of hydrogen-bond acceptors (Lipinski definition) is 3. The third-order valence-corrected chi connectivity index (χ3v) is 3.46. The highest BCUT2D eigenvalue weighted by atomic mass is 35.5. The molecule has 1 aliphatic rings. The van der Waals surface area contributed by atoms with E-state index in [9.17, 15) is 18.8 Å². The summed E-state index contributed by atoms with van der Waals surface area (Å²) in [5.41, 5.74) is -0.0677. The lowest BCUT2D eigenvalue weighted by Gasteiger charge is -2.14. The number of rotatable bonds is 4. The molecule has 0 unspecified atom stereocenters. The van der Waals surface area contributed by atoms with Gasteiger partial charge >= 0.3 is 6.03 Å². The second kappa shape index (κ2) is 6.31. The number of nitrogens with one attached hydrogen (secondary N) is 2. The van der Waals surface area contributed by atoms with Crippen molar-refractivity contribution in [2.24, 2.45) is 5.92 Å². The molecule has 2 N–H and O–H groups in total. The van der Waals surface area contributed by atoms with Gasteiger partial charge in [0.2, 0.25) is 5.91 Å². The first kappa shape index (κ1) is 16.2. The molecular weight excluding hydrogens is 313 g/mol. The van der Waals surface area contributed by atoms with Gasteiger partial charge in [-0.1, -0.05) is 25.4 Å². The Hall–Kier alpha value is -2.15. The quantitative estimate of drug-likeness (QED) is 0.830. The molecule has 0 saturated carbocycles. The number of carbonyl (C=O) groups excluding carboxylic acids is 3. The average molecular weight is 328 g/mol. The summed E-state index contributed by atoms with van der Waals surface area (Å²) in [6, 6.07) is 2.50. The van der Waals surface area contributed by atoms with Gasteiger partial charge in [0.15, 0.2) is 0 Å². The van der Waals surface area contributed by atoms with E-state index in [1.165, 1.54) is 12.1 Å². The lowest BCUT2D eigenvalue weighted by Crippen LogP contribution is -2.39. The summed E-state index contributed by atoms with van der Waals surface area (Å²) in [4.78, 5) is 36.5. The molecule has 0 spiro atoms. The molecule has 1 atom stereocenters. The van der Waals surface area contributed by atoms with E-state index in [0.29, 0.717) is 0 Å². The minimum atomic E-state index is -0.696. The van der Waals surface area contributed by atoms with Crippen LogP contribution in [0.5, 0.6) is 0 Å². The fraction of sp³-hybridized carbons (Fsp3) is 0.357. The topological polar surface area (TPSA) is 78.5 Å². The van der Waals surface area contributed by atoms with Crippen LogP contribution < -0.4 is 10.6 Å². The number of nitrogens with zero attached hydrogens (tertiary/aromatic N) is 1. The molecule has 4 amide bonds. The second-order valence-electron chi connectivity index (χ2n) is 5.27. The smallest absolute Gasteiger partial charge is 0.325 e. The lowest BCUT2D eigenvalue weighted by atomic mass is 10.1. The summed E-state index contributed by atoms with van der Waals surface area (Å²) >= 11 is 5.62. The van der Waals surface area contributed by atoms with Crippen LogP contribution in [0.25, 0.3) is 0 Å². The minimum Gasteiger partial charge on any atom is -0.326 e. The molecule has 118 valence electrons. The molecule has 1 fully saturated rings. The molecule has 0 bridgehead atoms. The lowest BCUT2D eigenvalue weighted by molar-refractivity contribution is -0.131. The van der Waals surface area contributed by atoms with Crippen LogP contribution in [0.1, 0.15) is 13.8 Å². The van der Waals surface area contributed by atoms with Crippen LogP contribution in [0.15, 0.2) is 18.2 Å². The molecule has 1 aromatic carbocycles. The van der Waals surface area contributed by atoms with Gasteiger partial charge in [0, 0.05) is 5.02 Å². The number of imide groups is 1. The number of anilines is 1. The SMILES string of the molecule is CC(C)[C@@H]1NC(=O)N(CC(=O)Nc2ccc(Cl)cc2F)C1=O. The normalized spacial score (nSPS) is 17.9. The zero-order chi connectivity index (χ0) is 16.4. The van der Waals surface area contributed by atoms with Gasteiger partial charge in [0.25, 0.3) is 5.91 Å². The zero-order valence-corrected chi connectivity index (χ0v) is 12.8. The summed E-state index contributed by atoms with van der Waals surface area (Å²) < 4.78 is 13.6. The fourth-order valence-electron chi connectivity index (χ4n) is 2.07. The summed E-state index contributed by atoms with van der Waals surface area (Å²) in [6.45, 7) is 3.10. The largest absolute Gasteiger partial charge is 0.326 e. The van der Waals surface area contributed by atoms with Crippen molar-refractivity contribution < 1.29 is 18.8 Å². The van der Waals surface area contributed by atoms with E-state index in [1.54, 1.807) is 13.8 Å². The molecule has 1 heterocycles. The summed E-state index contributed by atoms with van der Waals surface area (Å²) in [7, 11) is 0.